The molecule has 3 aromatic rings. The van der Waals surface area contributed by atoms with E-state index in [1.165, 1.54) is 19.2 Å². The van der Waals surface area contributed by atoms with Crippen LogP contribution in [0.5, 0.6) is 0 Å². The number of nitrogens with zero attached hydrogens (tertiary/aromatic N) is 1. The zero-order valence-corrected chi connectivity index (χ0v) is 17.9. The van der Waals surface area contributed by atoms with Crippen LogP contribution in [0.4, 0.5) is 11.4 Å². The van der Waals surface area contributed by atoms with Gasteiger partial charge in [-0.05, 0) is 67.4 Å². The fraction of sp³-hybridized carbons (Fsp3) is 0.136. The first-order chi connectivity index (χ1) is 13.7. The Labute approximate surface area is 176 Å². The smallest absolute Gasteiger partial charge is 0.264 e. The van der Waals surface area contributed by atoms with E-state index in [1.54, 1.807) is 36.4 Å². The van der Waals surface area contributed by atoms with Crippen LogP contribution in [-0.4, -0.2) is 21.4 Å². The third-order valence-corrected chi connectivity index (χ3v) is 6.80. The van der Waals surface area contributed by atoms with Gasteiger partial charge in [-0.25, -0.2) is 8.42 Å². The summed E-state index contributed by atoms with van der Waals surface area (Å²) in [6, 6.07) is 18.2. The summed E-state index contributed by atoms with van der Waals surface area (Å²) in [6.07, 6.45) is 0. The lowest BCUT2D eigenvalue weighted by atomic mass is 10.1. The quantitative estimate of drug-likeness (QED) is 0.619. The highest BCUT2D eigenvalue weighted by Gasteiger charge is 2.23. The molecule has 0 aliphatic carbocycles. The Balaban J connectivity index is 1.90. The largest absolute Gasteiger partial charge is 0.322 e. The Morgan fingerprint density at radius 3 is 2.38 bits per heavy atom. The lowest BCUT2D eigenvalue weighted by Gasteiger charge is -2.20. The number of carbonyl (C=O) groups is 1. The highest BCUT2D eigenvalue weighted by molar-refractivity contribution is 7.92. The number of amides is 1. The molecule has 0 radical (unpaired) electrons. The molecule has 3 aromatic carbocycles. The highest BCUT2D eigenvalue weighted by atomic mass is 35.5. The van der Waals surface area contributed by atoms with Crippen molar-refractivity contribution in [1.29, 1.82) is 0 Å². The van der Waals surface area contributed by atoms with E-state index in [-0.39, 0.29) is 16.4 Å². The molecule has 0 unspecified atom stereocenters. The van der Waals surface area contributed by atoms with Gasteiger partial charge >= 0.3 is 0 Å². The topological polar surface area (TPSA) is 66.5 Å². The summed E-state index contributed by atoms with van der Waals surface area (Å²) in [5.74, 6) is -0.374. The van der Waals surface area contributed by atoms with Gasteiger partial charge < -0.3 is 5.32 Å². The lowest BCUT2D eigenvalue weighted by Crippen LogP contribution is -2.26. The van der Waals surface area contributed by atoms with Gasteiger partial charge in [0.25, 0.3) is 15.9 Å². The van der Waals surface area contributed by atoms with E-state index in [2.05, 4.69) is 5.32 Å². The molecule has 0 fully saturated rings. The third kappa shape index (κ3) is 4.44. The summed E-state index contributed by atoms with van der Waals surface area (Å²) in [5.41, 5.74) is 3.40. The van der Waals surface area contributed by atoms with Crippen molar-refractivity contribution in [2.75, 3.05) is 16.7 Å². The van der Waals surface area contributed by atoms with Crippen LogP contribution < -0.4 is 9.62 Å². The van der Waals surface area contributed by atoms with Crippen LogP contribution in [0.1, 0.15) is 21.5 Å². The van der Waals surface area contributed by atoms with Crippen LogP contribution in [0.25, 0.3) is 0 Å². The minimum Gasteiger partial charge on any atom is -0.322 e. The van der Waals surface area contributed by atoms with Gasteiger partial charge in [-0.15, -0.1) is 0 Å². The standard InChI is InChI=1S/C22H21ClN2O3S/c1-15-7-4-12-21(16(15)2)24-22(26)17-8-5-11-20(13-17)29(27,28)25(3)19-10-6-9-18(23)14-19/h4-14H,1-3H3,(H,24,26). The molecule has 0 heterocycles. The molecule has 1 N–H and O–H groups in total. The summed E-state index contributed by atoms with van der Waals surface area (Å²) < 4.78 is 27.2. The van der Waals surface area contributed by atoms with Crippen molar-refractivity contribution < 1.29 is 13.2 Å². The van der Waals surface area contributed by atoms with E-state index in [0.717, 1.165) is 15.4 Å². The van der Waals surface area contributed by atoms with Crippen LogP contribution in [0.3, 0.4) is 0 Å². The molecule has 0 spiro atoms. The molecule has 0 aliphatic heterocycles. The molecule has 0 saturated carbocycles. The van der Waals surface area contributed by atoms with Gasteiger partial charge in [-0.1, -0.05) is 35.9 Å². The number of hydrogen-bond donors (Lipinski definition) is 1. The fourth-order valence-corrected chi connectivity index (χ4v) is 4.27. The summed E-state index contributed by atoms with van der Waals surface area (Å²) in [6.45, 7) is 3.88. The number of benzene rings is 3. The molecule has 7 heteroatoms. The molecule has 0 atom stereocenters. The maximum Gasteiger partial charge on any atom is 0.264 e. The second-order valence-electron chi connectivity index (χ2n) is 6.68. The summed E-state index contributed by atoms with van der Waals surface area (Å²) >= 11 is 5.98. The van der Waals surface area contributed by atoms with Crippen molar-refractivity contribution in [2.45, 2.75) is 18.7 Å². The Morgan fingerprint density at radius 1 is 0.966 bits per heavy atom. The first-order valence-electron chi connectivity index (χ1n) is 8.92. The Bertz CT molecular complexity index is 1180. The number of nitrogens with one attached hydrogen (secondary N) is 1. The summed E-state index contributed by atoms with van der Waals surface area (Å²) in [5, 5.41) is 3.29. The number of sulfonamides is 1. The third-order valence-electron chi connectivity index (χ3n) is 4.78. The van der Waals surface area contributed by atoms with Crippen molar-refractivity contribution in [2.24, 2.45) is 0 Å². The average molecular weight is 429 g/mol. The summed E-state index contributed by atoms with van der Waals surface area (Å²) in [7, 11) is -2.41. The van der Waals surface area contributed by atoms with Crippen LogP contribution in [0.15, 0.2) is 71.6 Å². The Hall–Kier alpha value is -2.83. The normalized spacial score (nSPS) is 11.2. The average Bonchev–Trinajstić information content (AvgIpc) is 2.71. The first kappa shape index (κ1) is 20.9. The van der Waals surface area contributed by atoms with Crippen LogP contribution in [-0.2, 0) is 10.0 Å². The van der Waals surface area contributed by atoms with Gasteiger partial charge in [0.2, 0.25) is 0 Å². The van der Waals surface area contributed by atoms with Gasteiger partial charge in [0.05, 0.1) is 10.6 Å². The van der Waals surface area contributed by atoms with Crippen LogP contribution >= 0.6 is 11.6 Å². The van der Waals surface area contributed by atoms with E-state index in [9.17, 15) is 13.2 Å². The Kier molecular flexibility index (Phi) is 5.96. The predicted octanol–water partition coefficient (Wildman–Crippen LogP) is 5.03. The van der Waals surface area contributed by atoms with E-state index in [0.29, 0.717) is 16.4 Å². The molecule has 0 saturated heterocycles. The first-order valence-corrected chi connectivity index (χ1v) is 10.7. The second kappa shape index (κ2) is 8.27. The van der Waals surface area contributed by atoms with E-state index >= 15 is 0 Å². The number of carbonyl (C=O) groups excluding carboxylic acids is 1. The second-order valence-corrected chi connectivity index (χ2v) is 9.09. The maximum atomic E-state index is 13.0. The number of hydrogen-bond acceptors (Lipinski definition) is 3. The van der Waals surface area contributed by atoms with E-state index in [1.807, 2.05) is 32.0 Å². The molecule has 150 valence electrons. The predicted molar refractivity (Wildman–Crippen MR) is 117 cm³/mol. The van der Waals surface area contributed by atoms with Gasteiger partial charge in [0.1, 0.15) is 0 Å². The zero-order valence-electron chi connectivity index (χ0n) is 16.3. The summed E-state index contributed by atoms with van der Waals surface area (Å²) in [4.78, 5) is 12.7. The molecule has 0 bridgehead atoms. The number of rotatable bonds is 5. The van der Waals surface area contributed by atoms with Crippen LogP contribution in [0, 0.1) is 13.8 Å². The zero-order chi connectivity index (χ0) is 21.2. The van der Waals surface area contributed by atoms with E-state index in [4.69, 9.17) is 11.6 Å². The van der Waals surface area contributed by atoms with E-state index < -0.39 is 10.0 Å². The van der Waals surface area contributed by atoms with Crippen molar-refractivity contribution in [1.82, 2.24) is 0 Å². The van der Waals surface area contributed by atoms with Crippen molar-refractivity contribution in [3.05, 3.63) is 88.4 Å². The SMILES string of the molecule is Cc1cccc(NC(=O)c2cccc(S(=O)(=O)N(C)c3cccc(Cl)c3)c2)c1C. The number of anilines is 2. The monoisotopic (exact) mass is 428 g/mol. The number of halogens is 1. The van der Waals surface area contributed by atoms with Gasteiger partial charge in [-0.2, -0.15) is 0 Å². The van der Waals surface area contributed by atoms with Crippen molar-refractivity contribution in [3.8, 4) is 0 Å². The minimum absolute atomic E-state index is 0.0218. The molecular formula is C22H21ClN2O3S. The minimum atomic E-state index is -3.86. The highest BCUT2D eigenvalue weighted by Crippen LogP contribution is 2.25. The van der Waals surface area contributed by atoms with Gasteiger partial charge in [-0.3, -0.25) is 9.10 Å². The van der Waals surface area contributed by atoms with Crippen LogP contribution in [0.2, 0.25) is 5.02 Å². The molecule has 29 heavy (non-hydrogen) atoms. The molecule has 5 nitrogen and oxygen atoms in total. The molecule has 0 aliphatic rings. The van der Waals surface area contributed by atoms with Crippen molar-refractivity contribution >= 4 is 38.9 Å². The molecule has 3 rings (SSSR count). The van der Waals surface area contributed by atoms with Gasteiger partial charge in [0, 0.05) is 23.3 Å². The van der Waals surface area contributed by atoms with Crippen molar-refractivity contribution in [3.63, 3.8) is 0 Å². The molecule has 0 aromatic heterocycles. The molecule has 1 amide bonds. The fourth-order valence-electron chi connectivity index (χ4n) is 2.85. The lowest BCUT2D eigenvalue weighted by molar-refractivity contribution is 0.102. The van der Waals surface area contributed by atoms with Gasteiger partial charge in [0.15, 0.2) is 0 Å². The number of aryl methyl sites for hydroxylation is 1. The maximum absolute atomic E-state index is 13.0. The Morgan fingerprint density at radius 2 is 1.66 bits per heavy atom. The molecular weight excluding hydrogens is 408 g/mol.